The summed E-state index contributed by atoms with van der Waals surface area (Å²) in [5, 5.41) is 18.7. The van der Waals surface area contributed by atoms with E-state index >= 15 is 0 Å². The highest BCUT2D eigenvalue weighted by Crippen LogP contribution is 2.24. The second kappa shape index (κ2) is 6.30. The Balaban J connectivity index is 1.92. The lowest BCUT2D eigenvalue weighted by Gasteiger charge is -2.35. The summed E-state index contributed by atoms with van der Waals surface area (Å²) in [6.45, 7) is 1.02. The van der Waals surface area contributed by atoms with Gasteiger partial charge in [-0.2, -0.15) is 0 Å². The number of carboxylic acid groups (broad SMARTS) is 1. The van der Waals surface area contributed by atoms with E-state index in [0.717, 1.165) is 0 Å². The van der Waals surface area contributed by atoms with Crippen LogP contribution >= 0.6 is 0 Å². The number of carbonyl (C=O) groups is 3. The van der Waals surface area contributed by atoms with Crippen LogP contribution in [-0.2, 0) is 9.59 Å². The van der Waals surface area contributed by atoms with Gasteiger partial charge >= 0.3 is 12.0 Å². The zero-order valence-corrected chi connectivity index (χ0v) is 11.8. The Labute approximate surface area is 122 Å². The van der Waals surface area contributed by atoms with Crippen LogP contribution in [0.2, 0.25) is 0 Å². The second-order valence-electron chi connectivity index (χ2n) is 5.78. The normalized spacial score (nSPS) is 26.9. The first-order chi connectivity index (χ1) is 9.88. The third-order valence-electron chi connectivity index (χ3n) is 4.18. The van der Waals surface area contributed by atoms with Crippen LogP contribution in [0.15, 0.2) is 0 Å². The van der Waals surface area contributed by atoms with E-state index in [-0.39, 0.29) is 30.8 Å². The standard InChI is InChI=1S/C13H21N3O5/c14-11(18)5-8-1-3-15(4-2-8)13(21)16-7-9(17)6-10(16)12(19)20/h8-10,17H,1-7H2,(H2,14,18)(H,19,20)/t9-,10-/m1/s1. The molecule has 8 nitrogen and oxygen atoms in total. The molecular formula is C13H21N3O5. The van der Waals surface area contributed by atoms with Crippen LogP contribution in [0, 0.1) is 5.92 Å². The number of likely N-dealkylation sites (tertiary alicyclic amines) is 2. The van der Waals surface area contributed by atoms with Crippen molar-refractivity contribution >= 4 is 17.9 Å². The lowest BCUT2D eigenvalue weighted by molar-refractivity contribution is -0.141. The van der Waals surface area contributed by atoms with Gasteiger partial charge in [0.15, 0.2) is 0 Å². The molecule has 0 aliphatic carbocycles. The summed E-state index contributed by atoms with van der Waals surface area (Å²) < 4.78 is 0. The number of aliphatic carboxylic acids is 1. The average molecular weight is 299 g/mol. The monoisotopic (exact) mass is 299 g/mol. The van der Waals surface area contributed by atoms with Crippen molar-refractivity contribution in [1.82, 2.24) is 9.80 Å². The highest BCUT2D eigenvalue weighted by molar-refractivity contribution is 5.83. The topological polar surface area (TPSA) is 124 Å². The van der Waals surface area contributed by atoms with E-state index in [1.807, 2.05) is 0 Å². The van der Waals surface area contributed by atoms with Gasteiger partial charge in [-0.25, -0.2) is 9.59 Å². The fourth-order valence-electron chi connectivity index (χ4n) is 3.05. The Morgan fingerprint density at radius 3 is 2.33 bits per heavy atom. The fourth-order valence-corrected chi connectivity index (χ4v) is 3.05. The van der Waals surface area contributed by atoms with Crippen LogP contribution in [0.5, 0.6) is 0 Å². The number of hydrogen-bond donors (Lipinski definition) is 3. The van der Waals surface area contributed by atoms with Crippen LogP contribution < -0.4 is 5.73 Å². The molecule has 2 aliphatic rings. The molecular weight excluding hydrogens is 278 g/mol. The highest BCUT2D eigenvalue weighted by atomic mass is 16.4. The summed E-state index contributed by atoms with van der Waals surface area (Å²) in [6.07, 6.45) is 0.968. The molecule has 118 valence electrons. The number of aliphatic hydroxyl groups is 1. The number of nitrogens with two attached hydrogens (primary N) is 1. The first-order valence-electron chi connectivity index (χ1n) is 7.13. The summed E-state index contributed by atoms with van der Waals surface area (Å²) in [5.41, 5.74) is 5.16. The van der Waals surface area contributed by atoms with Crippen molar-refractivity contribution in [2.24, 2.45) is 11.7 Å². The van der Waals surface area contributed by atoms with E-state index in [9.17, 15) is 19.5 Å². The molecule has 21 heavy (non-hydrogen) atoms. The van der Waals surface area contributed by atoms with Crippen molar-refractivity contribution in [2.75, 3.05) is 19.6 Å². The minimum absolute atomic E-state index is 0.0526. The number of carboxylic acids is 1. The molecule has 0 radical (unpaired) electrons. The smallest absolute Gasteiger partial charge is 0.326 e. The predicted molar refractivity (Wildman–Crippen MR) is 72.3 cm³/mol. The van der Waals surface area contributed by atoms with Crippen molar-refractivity contribution in [3.8, 4) is 0 Å². The highest BCUT2D eigenvalue weighted by Gasteiger charge is 2.41. The molecule has 4 N–H and O–H groups in total. The van der Waals surface area contributed by atoms with Crippen LogP contribution in [0.25, 0.3) is 0 Å². The summed E-state index contributed by atoms with van der Waals surface area (Å²) in [7, 11) is 0. The quantitative estimate of drug-likeness (QED) is 0.630. The van der Waals surface area contributed by atoms with Gasteiger partial charge in [0, 0.05) is 32.5 Å². The van der Waals surface area contributed by atoms with E-state index < -0.39 is 18.1 Å². The van der Waals surface area contributed by atoms with E-state index in [2.05, 4.69) is 0 Å². The van der Waals surface area contributed by atoms with Gasteiger partial charge in [-0.1, -0.05) is 0 Å². The summed E-state index contributed by atoms with van der Waals surface area (Å²) in [5.74, 6) is -1.25. The van der Waals surface area contributed by atoms with Crippen LogP contribution in [0.4, 0.5) is 4.79 Å². The van der Waals surface area contributed by atoms with Gasteiger partial charge in [0.25, 0.3) is 0 Å². The zero-order chi connectivity index (χ0) is 15.6. The maximum atomic E-state index is 12.4. The number of primary amides is 1. The van der Waals surface area contributed by atoms with Gasteiger partial charge in [-0.05, 0) is 18.8 Å². The summed E-state index contributed by atoms with van der Waals surface area (Å²) in [6, 6.07) is -1.31. The van der Waals surface area contributed by atoms with Crippen molar-refractivity contribution < 1.29 is 24.6 Å². The van der Waals surface area contributed by atoms with Crippen LogP contribution in [0.1, 0.15) is 25.7 Å². The predicted octanol–water partition coefficient (Wildman–Crippen LogP) is -0.786. The summed E-state index contributed by atoms with van der Waals surface area (Å²) in [4.78, 5) is 37.2. The Bertz CT molecular complexity index is 434. The molecule has 2 atom stereocenters. The number of rotatable bonds is 3. The Hall–Kier alpha value is -1.83. The Kier molecular flexibility index (Phi) is 4.66. The molecule has 0 spiro atoms. The van der Waals surface area contributed by atoms with Gasteiger partial charge in [-0.15, -0.1) is 0 Å². The molecule has 0 unspecified atom stereocenters. The van der Waals surface area contributed by atoms with Gasteiger partial charge in [0.05, 0.1) is 6.10 Å². The lowest BCUT2D eigenvalue weighted by Crippen LogP contribution is -2.50. The van der Waals surface area contributed by atoms with Crippen LogP contribution in [0.3, 0.4) is 0 Å². The third kappa shape index (κ3) is 3.63. The van der Waals surface area contributed by atoms with Gasteiger partial charge < -0.3 is 25.7 Å². The van der Waals surface area contributed by atoms with Crippen molar-refractivity contribution in [1.29, 1.82) is 0 Å². The molecule has 2 rings (SSSR count). The minimum Gasteiger partial charge on any atom is -0.480 e. The molecule has 2 fully saturated rings. The van der Waals surface area contributed by atoms with Gasteiger partial charge in [0.1, 0.15) is 6.04 Å². The second-order valence-corrected chi connectivity index (χ2v) is 5.78. The van der Waals surface area contributed by atoms with Crippen molar-refractivity contribution in [3.05, 3.63) is 0 Å². The van der Waals surface area contributed by atoms with Crippen LogP contribution in [-0.4, -0.2) is 69.7 Å². The largest absolute Gasteiger partial charge is 0.480 e. The average Bonchev–Trinajstić information content (AvgIpc) is 2.80. The fraction of sp³-hybridized carbons (Fsp3) is 0.769. The number of aliphatic hydroxyl groups excluding tert-OH is 1. The molecule has 2 heterocycles. The molecule has 2 aliphatic heterocycles. The number of β-amino-alcohol motifs (C(OH)–C–C–N with tert-alkyl or cyclic N) is 1. The number of nitrogens with zero attached hydrogens (tertiary/aromatic N) is 2. The lowest BCUT2D eigenvalue weighted by atomic mass is 9.93. The molecule has 0 aromatic heterocycles. The molecule has 0 saturated carbocycles. The van der Waals surface area contributed by atoms with E-state index in [0.29, 0.717) is 32.4 Å². The number of carbonyl (C=O) groups excluding carboxylic acids is 2. The molecule has 8 heteroatoms. The molecule has 3 amide bonds. The van der Waals surface area contributed by atoms with E-state index in [1.165, 1.54) is 4.90 Å². The van der Waals surface area contributed by atoms with Gasteiger partial charge in [0.2, 0.25) is 5.91 Å². The van der Waals surface area contributed by atoms with Crippen molar-refractivity contribution in [2.45, 2.75) is 37.8 Å². The third-order valence-corrected chi connectivity index (χ3v) is 4.18. The number of amides is 3. The molecule has 2 saturated heterocycles. The molecule has 0 bridgehead atoms. The number of piperidine rings is 1. The van der Waals surface area contributed by atoms with Crippen molar-refractivity contribution in [3.63, 3.8) is 0 Å². The zero-order valence-electron chi connectivity index (χ0n) is 11.8. The number of hydrogen-bond acceptors (Lipinski definition) is 4. The molecule has 0 aromatic rings. The SMILES string of the molecule is NC(=O)CC1CCN(C(=O)N2C[C@H](O)C[C@@H]2C(=O)O)CC1. The minimum atomic E-state index is -1.09. The first kappa shape index (κ1) is 15.6. The Morgan fingerprint density at radius 2 is 1.81 bits per heavy atom. The first-order valence-corrected chi connectivity index (χ1v) is 7.13. The van der Waals surface area contributed by atoms with E-state index in [1.54, 1.807) is 4.90 Å². The maximum absolute atomic E-state index is 12.4. The van der Waals surface area contributed by atoms with E-state index in [4.69, 9.17) is 10.8 Å². The summed E-state index contributed by atoms with van der Waals surface area (Å²) >= 11 is 0. The Morgan fingerprint density at radius 1 is 1.19 bits per heavy atom. The maximum Gasteiger partial charge on any atom is 0.326 e. The van der Waals surface area contributed by atoms with Gasteiger partial charge in [-0.3, -0.25) is 4.79 Å². The molecule has 0 aromatic carbocycles. The number of urea groups is 1.